The number of nitrogens with zero attached hydrogens (tertiary/aromatic N) is 1. The van der Waals surface area contributed by atoms with E-state index in [4.69, 9.17) is 8.83 Å². The van der Waals surface area contributed by atoms with Gasteiger partial charge in [0.15, 0.2) is 0 Å². The third kappa shape index (κ3) is 10.1. The van der Waals surface area contributed by atoms with Crippen LogP contribution in [0.15, 0.2) is 342 Å². The topological polar surface area (TPSA) is 29.5 Å². The van der Waals surface area contributed by atoms with Gasteiger partial charge >= 0.3 is 0 Å². The van der Waals surface area contributed by atoms with Crippen LogP contribution < -0.4 is 4.90 Å². The molecule has 0 fully saturated rings. The van der Waals surface area contributed by atoms with Crippen LogP contribution in [0.2, 0.25) is 0 Å². The third-order valence-corrected chi connectivity index (χ3v) is 33.3. The maximum absolute atomic E-state index is 7.25. The number of furan rings is 2. The molecule has 0 atom stereocenters. The molecule has 131 heavy (non-hydrogen) atoms. The summed E-state index contributed by atoms with van der Waals surface area (Å²) >= 11 is 0. The van der Waals surface area contributed by atoms with E-state index < -0.39 is 16.2 Å². The minimum absolute atomic E-state index is 0.0166. The minimum atomic E-state index is -0.735. The van der Waals surface area contributed by atoms with Crippen molar-refractivity contribution < 1.29 is 8.83 Å². The summed E-state index contributed by atoms with van der Waals surface area (Å²) in [5, 5.41) is 4.67. The van der Waals surface area contributed by atoms with Crippen molar-refractivity contribution in [2.24, 2.45) is 0 Å². The lowest BCUT2D eigenvalue weighted by molar-refractivity contribution is 0.399. The van der Waals surface area contributed by atoms with Gasteiger partial charge in [0, 0.05) is 65.8 Å². The highest BCUT2D eigenvalue weighted by molar-refractivity contribution is 6.22. The molecule has 0 radical (unpaired) electrons. The Hall–Kier alpha value is -13.9. The molecule has 2 aromatic heterocycles. The van der Waals surface area contributed by atoms with Gasteiger partial charge in [0.05, 0.1) is 10.8 Å². The summed E-state index contributed by atoms with van der Waals surface area (Å²) in [6.45, 7) is 19.5. The Kier molecular flexibility index (Phi) is 16.4. The fourth-order valence-electron chi connectivity index (χ4n) is 27.6. The fraction of sp³-hybridized carbons (Fsp3) is 0.203. The normalized spacial score (nSPS) is 15.8. The molecule has 0 N–H and O–H groups in total. The molecule has 19 aromatic rings. The average molecular weight is 1690 g/mol. The van der Waals surface area contributed by atoms with E-state index in [1.54, 1.807) is 11.1 Å². The first-order valence-electron chi connectivity index (χ1n) is 48.6. The summed E-state index contributed by atoms with van der Waals surface area (Å²) in [5.41, 5.74) is 52.2. The van der Waals surface area contributed by atoms with E-state index in [-0.39, 0.29) is 16.2 Å². The zero-order valence-corrected chi connectivity index (χ0v) is 76.0. The molecule has 2 spiro atoms. The molecule has 0 unspecified atom stereocenters. The molecule has 0 aliphatic heterocycles. The molecule has 2 heterocycles. The van der Waals surface area contributed by atoms with Crippen LogP contribution in [-0.2, 0) is 32.5 Å². The summed E-state index contributed by atoms with van der Waals surface area (Å²) in [6.07, 6.45) is 15.3. The van der Waals surface area contributed by atoms with Gasteiger partial charge in [0.2, 0.25) is 0 Å². The van der Waals surface area contributed by atoms with Gasteiger partial charge in [-0.1, -0.05) is 368 Å². The SMILES string of the molecule is CCCCCCCC1(CCCCCCC)c2ccccc2-c2ccc(-c3ccc4c(c3)C(C)(C)c3cc(-c5ccc(N(c6ccc7c(c6)C(C)(C)c6c8c(c9oc%10ccccc%10c9c6-7)-c6ccccc6C8(C)C)c6ccc7c(c6)C6(c8ccccc8-c8ccccc86)c6cc8c(cc6-7)C6(c7ccccc7-c7ccccc76)c6ccc7oc9ccccc9c7c6-8)cc5)ccc3-4)cc21. The number of para-hydroxylation sites is 2. The van der Waals surface area contributed by atoms with E-state index in [0.29, 0.717) is 0 Å². The van der Waals surface area contributed by atoms with E-state index in [1.807, 2.05) is 0 Å². The highest BCUT2D eigenvalue weighted by atomic mass is 16.3. The summed E-state index contributed by atoms with van der Waals surface area (Å²) in [6, 6.07) is 130. The van der Waals surface area contributed by atoms with Gasteiger partial charge in [-0.25, -0.2) is 0 Å². The fourth-order valence-corrected chi connectivity index (χ4v) is 27.6. The molecule has 8 aliphatic rings. The van der Waals surface area contributed by atoms with Crippen molar-refractivity contribution in [1.29, 1.82) is 0 Å². The molecular weight excluding hydrogens is 1580 g/mol. The monoisotopic (exact) mass is 1690 g/mol. The van der Waals surface area contributed by atoms with Crippen LogP contribution in [0.25, 0.3) is 155 Å². The van der Waals surface area contributed by atoms with E-state index in [0.717, 1.165) is 50.2 Å². The van der Waals surface area contributed by atoms with Gasteiger partial charge in [-0.2, -0.15) is 0 Å². The van der Waals surface area contributed by atoms with Crippen molar-refractivity contribution >= 4 is 60.9 Å². The second-order valence-corrected chi connectivity index (χ2v) is 40.9. The molecule has 0 saturated heterocycles. The van der Waals surface area contributed by atoms with E-state index in [9.17, 15) is 0 Å². The number of hydrogen-bond donors (Lipinski definition) is 0. The number of rotatable bonds is 17. The van der Waals surface area contributed by atoms with Crippen molar-refractivity contribution in [2.45, 2.75) is 165 Å². The zero-order valence-electron chi connectivity index (χ0n) is 76.0. The summed E-state index contributed by atoms with van der Waals surface area (Å²) in [7, 11) is 0. The molecule has 0 saturated carbocycles. The molecule has 3 heteroatoms. The summed E-state index contributed by atoms with van der Waals surface area (Å²) in [4.78, 5) is 2.60. The molecule has 0 amide bonds. The Bertz CT molecular complexity index is 8080. The largest absolute Gasteiger partial charge is 0.456 e. The van der Waals surface area contributed by atoms with Crippen LogP contribution in [-0.4, -0.2) is 0 Å². The lowest BCUT2D eigenvalue weighted by Crippen LogP contribution is -2.27. The number of unbranched alkanes of at least 4 members (excludes halogenated alkanes) is 8. The standard InChI is InChI=1S/C128H103NO2/c1-9-11-13-15-33-67-126(68-34-16-14-12-10-2)99-44-26-17-35-83(99)90-62-55-79(71-108(90)126)78-54-61-89-88-60-53-77(69-105(88)123(3,4)106(89)70-78)76-51-56-80(57-52-76)129(81-59-64-93-107(72-81)125(7,8)120-117(93)118-95-42-24-32-50-113(95)131-122(118)119-92-40-22-25-43-98(92)124(5,6)121(119)120)82-58-63-91-96-74-111-97(75-110(96)128(109(91)73-82)102-47-29-20-38-86(102)87-39-21-30-48-103(87)128)115-104(65-66-114-116(115)94-41-23-31-49-112(94)130-114)127(111)100-45-27-18-36-84(100)85-37-19-28-46-101(85)127/h17-32,35-66,69-75H,9-16,33-34,67-68H2,1-8H3. The number of hydrogen-bond acceptors (Lipinski definition) is 3. The first kappa shape index (κ1) is 77.1. The Morgan fingerprint density at radius 3 is 1.20 bits per heavy atom. The van der Waals surface area contributed by atoms with Crippen molar-refractivity contribution in [3.8, 4) is 111 Å². The first-order valence-corrected chi connectivity index (χ1v) is 48.6. The van der Waals surface area contributed by atoms with E-state index >= 15 is 0 Å². The maximum atomic E-state index is 7.25. The van der Waals surface area contributed by atoms with Crippen molar-refractivity contribution in [1.82, 2.24) is 0 Å². The molecule has 17 aromatic carbocycles. The second-order valence-electron chi connectivity index (χ2n) is 40.9. The highest BCUT2D eigenvalue weighted by Crippen LogP contribution is 2.71. The van der Waals surface area contributed by atoms with Crippen molar-refractivity contribution in [3.63, 3.8) is 0 Å². The average Bonchev–Trinajstić information content (AvgIpc) is 1.48. The summed E-state index contributed by atoms with van der Waals surface area (Å²) < 4.78 is 14.2. The van der Waals surface area contributed by atoms with Gasteiger partial charge in [-0.3, -0.25) is 0 Å². The highest BCUT2D eigenvalue weighted by Gasteiger charge is 2.58. The Labute approximate surface area is 768 Å². The van der Waals surface area contributed by atoms with Crippen molar-refractivity contribution in [3.05, 3.63) is 423 Å². The summed E-state index contributed by atoms with van der Waals surface area (Å²) in [5.74, 6) is 0. The Morgan fingerprint density at radius 2 is 0.611 bits per heavy atom. The number of anilines is 3. The van der Waals surface area contributed by atoms with Gasteiger partial charge < -0.3 is 13.7 Å². The van der Waals surface area contributed by atoms with Gasteiger partial charge in [-0.15, -0.1) is 0 Å². The smallest absolute Gasteiger partial charge is 0.144 e. The van der Waals surface area contributed by atoms with Crippen LogP contribution in [0, 0.1) is 0 Å². The molecule has 27 rings (SSSR count). The quantitative estimate of drug-likeness (QED) is 0.0851. The second kappa shape index (κ2) is 27.8. The van der Waals surface area contributed by atoms with Crippen LogP contribution in [0.5, 0.6) is 0 Å². The van der Waals surface area contributed by atoms with Gasteiger partial charge in [0.1, 0.15) is 22.3 Å². The van der Waals surface area contributed by atoms with Crippen LogP contribution in [0.4, 0.5) is 17.1 Å². The Morgan fingerprint density at radius 1 is 0.229 bits per heavy atom. The molecule has 0 bridgehead atoms. The van der Waals surface area contributed by atoms with E-state index in [1.165, 1.54) is 277 Å². The lowest BCUT2D eigenvalue weighted by Gasteiger charge is -2.33. The zero-order chi connectivity index (χ0) is 87.5. The number of benzene rings is 17. The van der Waals surface area contributed by atoms with Gasteiger partial charge in [-0.05, 0) is 292 Å². The molecular formula is C128H103NO2. The van der Waals surface area contributed by atoms with Crippen LogP contribution in [0.1, 0.15) is 221 Å². The molecule has 3 nitrogen and oxygen atoms in total. The maximum Gasteiger partial charge on any atom is 0.144 e. The predicted octanol–water partition coefficient (Wildman–Crippen LogP) is 34.9. The van der Waals surface area contributed by atoms with Crippen LogP contribution >= 0.6 is 0 Å². The van der Waals surface area contributed by atoms with E-state index in [2.05, 4.69) is 394 Å². The molecule has 8 aliphatic carbocycles. The van der Waals surface area contributed by atoms with Crippen molar-refractivity contribution in [2.75, 3.05) is 4.90 Å². The third-order valence-electron chi connectivity index (χ3n) is 33.3. The first-order chi connectivity index (χ1) is 64.2. The lowest BCUT2D eigenvalue weighted by atomic mass is 9.68. The minimum Gasteiger partial charge on any atom is -0.456 e. The predicted molar refractivity (Wildman–Crippen MR) is 545 cm³/mol. The van der Waals surface area contributed by atoms with Gasteiger partial charge in [0.25, 0.3) is 0 Å². The number of fused-ring (bicyclic) bond motifs is 42. The Balaban J connectivity index is 0.627. The molecule has 632 valence electrons. The van der Waals surface area contributed by atoms with Crippen LogP contribution in [0.3, 0.4) is 0 Å².